The zero-order valence-electron chi connectivity index (χ0n) is 6.56. The molecule has 0 atom stereocenters. The molecular formula is C7H8N2O2S. The number of carbonyl (C=O) groups excluding carboxylic acids is 1. The highest BCUT2D eigenvalue weighted by Crippen LogP contribution is 2.13. The molecule has 0 saturated carbocycles. The lowest BCUT2D eigenvalue weighted by Crippen LogP contribution is -1.97. The van der Waals surface area contributed by atoms with E-state index in [1.807, 2.05) is 0 Å². The molecule has 4 nitrogen and oxygen atoms in total. The molecule has 0 aromatic carbocycles. The molecule has 0 N–H and O–H groups in total. The van der Waals surface area contributed by atoms with Crippen molar-refractivity contribution in [1.29, 1.82) is 0 Å². The van der Waals surface area contributed by atoms with Crippen molar-refractivity contribution >= 4 is 17.1 Å². The summed E-state index contributed by atoms with van der Waals surface area (Å²) in [7, 11) is 0. The molecule has 1 aromatic rings. The fourth-order valence-corrected chi connectivity index (χ4v) is 1.11. The number of nitrogens with zero attached hydrogens (tertiary/aromatic N) is 2. The van der Waals surface area contributed by atoms with Crippen LogP contribution < -0.4 is 0 Å². The van der Waals surface area contributed by atoms with Gasteiger partial charge in [0.2, 0.25) is 0 Å². The molecule has 0 bridgehead atoms. The summed E-state index contributed by atoms with van der Waals surface area (Å²) in [4.78, 5) is 18.6. The third-order valence-corrected chi connectivity index (χ3v) is 1.66. The van der Waals surface area contributed by atoms with Crippen molar-refractivity contribution in [1.82, 2.24) is 9.97 Å². The minimum absolute atomic E-state index is 0.372. The monoisotopic (exact) mass is 184 g/mol. The van der Waals surface area contributed by atoms with Crippen molar-refractivity contribution in [2.24, 2.45) is 0 Å². The first-order valence-corrected chi connectivity index (χ1v) is 4.26. The third kappa shape index (κ3) is 2.87. The molecule has 0 unspecified atom stereocenters. The van der Waals surface area contributed by atoms with Crippen LogP contribution in [0.2, 0.25) is 0 Å². The number of thioether (sulfide) groups is 1. The van der Waals surface area contributed by atoms with E-state index in [2.05, 4.69) is 14.7 Å². The molecule has 0 aliphatic rings. The quantitative estimate of drug-likeness (QED) is 0.398. The van der Waals surface area contributed by atoms with Crippen molar-refractivity contribution in [3.05, 3.63) is 18.5 Å². The standard InChI is InChI=1S/C7H8N2O2S/c1-2-11-7(10)12-6-8-4-3-5-9-6/h3-5H,2H2,1H3. The highest BCUT2D eigenvalue weighted by molar-refractivity contribution is 8.13. The number of hydrogen-bond donors (Lipinski definition) is 0. The maximum Gasteiger partial charge on any atom is 0.375 e. The van der Waals surface area contributed by atoms with Crippen molar-refractivity contribution < 1.29 is 9.53 Å². The van der Waals surface area contributed by atoms with Crippen molar-refractivity contribution in [2.45, 2.75) is 12.1 Å². The molecule has 12 heavy (non-hydrogen) atoms. The van der Waals surface area contributed by atoms with Gasteiger partial charge in [-0.05, 0) is 13.0 Å². The first-order chi connectivity index (χ1) is 5.83. The molecule has 0 fully saturated rings. The van der Waals surface area contributed by atoms with E-state index in [1.54, 1.807) is 25.4 Å². The smallest absolute Gasteiger partial charge is 0.375 e. The van der Waals surface area contributed by atoms with Crippen molar-refractivity contribution in [3.8, 4) is 0 Å². The highest BCUT2D eigenvalue weighted by Gasteiger charge is 2.05. The zero-order chi connectivity index (χ0) is 8.81. The Morgan fingerprint density at radius 1 is 1.58 bits per heavy atom. The van der Waals surface area contributed by atoms with Gasteiger partial charge in [0.15, 0.2) is 5.16 Å². The van der Waals surface area contributed by atoms with Gasteiger partial charge in [-0.3, -0.25) is 0 Å². The van der Waals surface area contributed by atoms with Gasteiger partial charge in [-0.1, -0.05) is 0 Å². The van der Waals surface area contributed by atoms with Crippen LogP contribution in [-0.4, -0.2) is 21.9 Å². The zero-order valence-corrected chi connectivity index (χ0v) is 7.37. The molecule has 0 radical (unpaired) electrons. The maximum absolute atomic E-state index is 10.9. The molecule has 0 aliphatic heterocycles. The molecule has 1 heterocycles. The number of ether oxygens (including phenoxy) is 1. The van der Waals surface area contributed by atoms with Crippen molar-refractivity contribution in [2.75, 3.05) is 6.61 Å². The fourth-order valence-electron chi connectivity index (χ4n) is 0.560. The van der Waals surface area contributed by atoms with E-state index in [4.69, 9.17) is 0 Å². The Labute approximate surface area is 74.4 Å². The highest BCUT2D eigenvalue weighted by atomic mass is 32.2. The van der Waals surface area contributed by atoms with Gasteiger partial charge in [-0.25, -0.2) is 14.8 Å². The van der Waals surface area contributed by atoms with Gasteiger partial charge < -0.3 is 4.74 Å². The minimum Gasteiger partial charge on any atom is -0.458 e. The Balaban J connectivity index is 2.47. The van der Waals surface area contributed by atoms with Crippen LogP contribution in [0.25, 0.3) is 0 Å². The third-order valence-electron chi connectivity index (χ3n) is 0.979. The molecule has 0 saturated heterocycles. The van der Waals surface area contributed by atoms with Crippen LogP contribution in [0, 0.1) is 0 Å². The van der Waals surface area contributed by atoms with Crippen LogP contribution >= 0.6 is 11.8 Å². The van der Waals surface area contributed by atoms with Gasteiger partial charge >= 0.3 is 5.30 Å². The van der Waals surface area contributed by atoms with E-state index < -0.39 is 0 Å². The lowest BCUT2D eigenvalue weighted by atomic mass is 10.7. The lowest BCUT2D eigenvalue weighted by Gasteiger charge is -1.97. The molecular weight excluding hydrogens is 176 g/mol. The summed E-state index contributed by atoms with van der Waals surface area (Å²) in [5.41, 5.74) is 0. The molecule has 1 rings (SSSR count). The summed E-state index contributed by atoms with van der Waals surface area (Å²) < 4.78 is 4.69. The predicted molar refractivity (Wildman–Crippen MR) is 44.9 cm³/mol. The Bertz CT molecular complexity index is 253. The normalized spacial score (nSPS) is 9.42. The Morgan fingerprint density at radius 3 is 2.83 bits per heavy atom. The number of rotatable bonds is 2. The molecule has 1 aromatic heterocycles. The summed E-state index contributed by atoms with van der Waals surface area (Å²) in [6, 6.07) is 1.69. The van der Waals surface area contributed by atoms with Crippen LogP contribution in [0.3, 0.4) is 0 Å². The fraction of sp³-hybridized carbons (Fsp3) is 0.286. The average molecular weight is 184 g/mol. The van der Waals surface area contributed by atoms with Crippen LogP contribution in [-0.2, 0) is 4.74 Å². The molecule has 0 aliphatic carbocycles. The summed E-state index contributed by atoms with van der Waals surface area (Å²) in [6.07, 6.45) is 3.16. The summed E-state index contributed by atoms with van der Waals surface area (Å²) in [6.45, 7) is 2.13. The average Bonchev–Trinajstić information content (AvgIpc) is 2.06. The Kier molecular flexibility index (Phi) is 3.53. The van der Waals surface area contributed by atoms with Gasteiger partial charge in [-0.2, -0.15) is 0 Å². The Morgan fingerprint density at radius 2 is 2.25 bits per heavy atom. The van der Waals surface area contributed by atoms with Gasteiger partial charge in [0, 0.05) is 24.2 Å². The first-order valence-electron chi connectivity index (χ1n) is 3.44. The van der Waals surface area contributed by atoms with Crippen molar-refractivity contribution in [3.63, 3.8) is 0 Å². The van der Waals surface area contributed by atoms with Gasteiger partial charge in [0.1, 0.15) is 0 Å². The molecule has 5 heteroatoms. The number of hydrogen-bond acceptors (Lipinski definition) is 5. The van der Waals surface area contributed by atoms with Gasteiger partial charge in [-0.15, -0.1) is 0 Å². The van der Waals surface area contributed by atoms with Crippen LogP contribution in [0.4, 0.5) is 4.79 Å². The first kappa shape index (κ1) is 8.99. The van der Waals surface area contributed by atoms with E-state index in [0.717, 1.165) is 11.8 Å². The van der Waals surface area contributed by atoms with Crippen LogP contribution in [0.15, 0.2) is 23.6 Å². The van der Waals surface area contributed by atoms with E-state index in [9.17, 15) is 4.79 Å². The summed E-state index contributed by atoms with van der Waals surface area (Å²) in [5, 5.41) is 0.0413. The molecule has 0 amide bonds. The van der Waals surface area contributed by atoms with E-state index in [1.165, 1.54) is 0 Å². The van der Waals surface area contributed by atoms with E-state index >= 15 is 0 Å². The Hall–Kier alpha value is -1.10. The van der Waals surface area contributed by atoms with E-state index in [0.29, 0.717) is 11.8 Å². The second kappa shape index (κ2) is 4.71. The molecule has 0 spiro atoms. The topological polar surface area (TPSA) is 52.1 Å². The predicted octanol–water partition coefficient (Wildman–Crippen LogP) is 1.73. The maximum atomic E-state index is 10.9. The number of aromatic nitrogens is 2. The molecule has 64 valence electrons. The SMILES string of the molecule is CCOC(=O)Sc1ncccn1. The van der Waals surface area contributed by atoms with E-state index in [-0.39, 0.29) is 5.30 Å². The lowest BCUT2D eigenvalue weighted by molar-refractivity contribution is 0.181. The summed E-state index contributed by atoms with van der Waals surface area (Å²) in [5.74, 6) is 0. The number of carbonyl (C=O) groups is 1. The summed E-state index contributed by atoms with van der Waals surface area (Å²) >= 11 is 0.885. The minimum atomic E-state index is -0.372. The van der Waals surface area contributed by atoms with Gasteiger partial charge in [0.25, 0.3) is 0 Å². The van der Waals surface area contributed by atoms with Gasteiger partial charge in [0.05, 0.1) is 6.61 Å². The van der Waals surface area contributed by atoms with Crippen LogP contribution in [0.1, 0.15) is 6.92 Å². The largest absolute Gasteiger partial charge is 0.458 e. The second-order valence-electron chi connectivity index (χ2n) is 1.82. The second-order valence-corrected chi connectivity index (χ2v) is 2.72. The van der Waals surface area contributed by atoms with Crippen LogP contribution in [0.5, 0.6) is 0 Å².